The second-order valence-corrected chi connectivity index (χ2v) is 6.99. The highest BCUT2D eigenvalue weighted by Gasteiger charge is 2.30. The Kier molecular flexibility index (Phi) is 4.58. The molecule has 0 saturated heterocycles. The average Bonchev–Trinajstić information content (AvgIpc) is 3.06. The number of aryl methyl sites for hydroxylation is 1. The molecule has 3 aromatic rings. The summed E-state index contributed by atoms with van der Waals surface area (Å²) in [6, 6.07) is 8.69. The van der Waals surface area contributed by atoms with E-state index < -0.39 is 11.7 Å². The summed E-state index contributed by atoms with van der Waals surface area (Å²) in [6.45, 7) is 2.00. The van der Waals surface area contributed by atoms with Crippen LogP contribution in [0.1, 0.15) is 22.5 Å². The summed E-state index contributed by atoms with van der Waals surface area (Å²) < 4.78 is 40.2. The summed E-state index contributed by atoms with van der Waals surface area (Å²) in [5.74, 6) is 0.299. The number of fused-ring (bicyclic) bond motifs is 1. The topological polar surface area (TPSA) is 53.9 Å². The highest BCUT2D eigenvalue weighted by molar-refractivity contribution is 5.56. The number of aromatic nitrogens is 3. The molecule has 4 rings (SSSR count). The number of H-pyrrole nitrogens is 1. The lowest BCUT2D eigenvalue weighted by atomic mass is 10.1. The first-order valence-electron chi connectivity index (χ1n) is 8.93. The lowest BCUT2D eigenvalue weighted by Gasteiger charge is -2.27. The number of aromatic amines is 1. The molecule has 8 heteroatoms. The maximum atomic E-state index is 12.7. The van der Waals surface area contributed by atoms with Gasteiger partial charge in [0, 0.05) is 50.6 Å². The van der Waals surface area contributed by atoms with Gasteiger partial charge in [-0.1, -0.05) is 12.1 Å². The van der Waals surface area contributed by atoms with Crippen LogP contribution >= 0.6 is 0 Å². The molecule has 0 unspecified atom stereocenters. The molecule has 146 valence electrons. The largest absolute Gasteiger partial charge is 0.416 e. The van der Waals surface area contributed by atoms with Crippen molar-refractivity contribution in [2.75, 3.05) is 6.54 Å². The van der Waals surface area contributed by atoms with Gasteiger partial charge in [-0.25, -0.2) is 4.98 Å². The van der Waals surface area contributed by atoms with E-state index in [4.69, 9.17) is 0 Å². The van der Waals surface area contributed by atoms with Crippen molar-refractivity contribution < 1.29 is 13.2 Å². The van der Waals surface area contributed by atoms with Crippen molar-refractivity contribution in [1.82, 2.24) is 19.4 Å². The van der Waals surface area contributed by atoms with Gasteiger partial charge in [-0.05, 0) is 24.3 Å². The minimum atomic E-state index is -4.39. The first-order chi connectivity index (χ1) is 13.3. The fourth-order valence-corrected chi connectivity index (χ4v) is 3.46. The van der Waals surface area contributed by atoms with Crippen molar-refractivity contribution >= 4 is 0 Å². The van der Waals surface area contributed by atoms with Gasteiger partial charge in [0.2, 0.25) is 0 Å². The average molecular weight is 388 g/mol. The number of rotatable bonds is 3. The van der Waals surface area contributed by atoms with Crippen molar-refractivity contribution in [3.8, 4) is 11.4 Å². The minimum absolute atomic E-state index is 0.239. The first kappa shape index (κ1) is 18.5. The van der Waals surface area contributed by atoms with E-state index >= 15 is 0 Å². The van der Waals surface area contributed by atoms with Crippen LogP contribution in [0.2, 0.25) is 0 Å². The zero-order chi connectivity index (χ0) is 19.9. The van der Waals surface area contributed by atoms with Gasteiger partial charge >= 0.3 is 6.18 Å². The molecular formula is C20H19F3N4O. The minimum Gasteiger partial charge on any atom is -0.353 e. The Labute approximate surface area is 159 Å². The predicted molar refractivity (Wildman–Crippen MR) is 98.5 cm³/mol. The SMILES string of the molecule is Cn1cccc1CN1CCc2nc(-c3ccc(C(F)(F)F)cc3)[nH]c(=O)c2C1. The van der Waals surface area contributed by atoms with E-state index in [9.17, 15) is 18.0 Å². The molecule has 0 aliphatic carbocycles. The Morgan fingerprint density at radius 1 is 1.18 bits per heavy atom. The third kappa shape index (κ3) is 3.60. The van der Waals surface area contributed by atoms with Crippen LogP contribution in [0.15, 0.2) is 47.4 Å². The molecule has 3 heterocycles. The van der Waals surface area contributed by atoms with Gasteiger partial charge in [-0.15, -0.1) is 0 Å². The third-order valence-electron chi connectivity index (χ3n) is 5.07. The van der Waals surface area contributed by atoms with E-state index in [1.165, 1.54) is 12.1 Å². The molecule has 0 radical (unpaired) electrons. The molecule has 2 aromatic heterocycles. The fraction of sp³-hybridized carbons (Fsp3) is 0.300. The van der Waals surface area contributed by atoms with Gasteiger partial charge in [0.25, 0.3) is 5.56 Å². The second kappa shape index (κ2) is 6.94. The maximum absolute atomic E-state index is 12.7. The quantitative estimate of drug-likeness (QED) is 0.749. The Balaban J connectivity index is 1.58. The van der Waals surface area contributed by atoms with Gasteiger partial charge in [0.1, 0.15) is 5.82 Å². The molecule has 28 heavy (non-hydrogen) atoms. The highest BCUT2D eigenvalue weighted by Crippen LogP contribution is 2.30. The Morgan fingerprint density at radius 2 is 1.93 bits per heavy atom. The van der Waals surface area contributed by atoms with E-state index in [0.717, 1.165) is 30.9 Å². The van der Waals surface area contributed by atoms with E-state index in [-0.39, 0.29) is 5.56 Å². The molecule has 0 spiro atoms. The summed E-state index contributed by atoms with van der Waals surface area (Å²) in [5, 5.41) is 0. The van der Waals surface area contributed by atoms with Crippen LogP contribution in [-0.4, -0.2) is 26.0 Å². The Hall–Kier alpha value is -2.87. The number of hydrogen-bond donors (Lipinski definition) is 1. The molecule has 1 aliphatic heterocycles. The smallest absolute Gasteiger partial charge is 0.353 e. The number of nitrogens with one attached hydrogen (secondary N) is 1. The number of alkyl halides is 3. The lowest BCUT2D eigenvalue weighted by molar-refractivity contribution is -0.137. The van der Waals surface area contributed by atoms with Crippen LogP contribution in [0.5, 0.6) is 0 Å². The highest BCUT2D eigenvalue weighted by atomic mass is 19.4. The van der Waals surface area contributed by atoms with Crippen LogP contribution in [0.4, 0.5) is 13.2 Å². The Morgan fingerprint density at radius 3 is 2.57 bits per heavy atom. The van der Waals surface area contributed by atoms with Crippen molar-refractivity contribution in [3.63, 3.8) is 0 Å². The zero-order valence-corrected chi connectivity index (χ0v) is 15.3. The van der Waals surface area contributed by atoms with Crippen LogP contribution in [0.25, 0.3) is 11.4 Å². The lowest BCUT2D eigenvalue weighted by Crippen LogP contribution is -2.35. The van der Waals surface area contributed by atoms with E-state index in [2.05, 4.69) is 14.9 Å². The van der Waals surface area contributed by atoms with Gasteiger partial charge in [0.15, 0.2) is 0 Å². The van der Waals surface area contributed by atoms with Gasteiger partial charge in [-0.3, -0.25) is 9.69 Å². The standard InChI is InChI=1S/C20H19F3N4O/c1-26-9-2-3-15(26)11-27-10-8-17-16(12-27)19(28)25-18(24-17)13-4-6-14(7-5-13)20(21,22)23/h2-7,9H,8,10-12H2,1H3,(H,24,25,28). The number of benzene rings is 1. The van der Waals surface area contributed by atoms with Gasteiger partial charge < -0.3 is 9.55 Å². The molecule has 5 nitrogen and oxygen atoms in total. The molecule has 1 aromatic carbocycles. The predicted octanol–water partition coefficient (Wildman–Crippen LogP) is 3.35. The molecular weight excluding hydrogens is 369 g/mol. The van der Waals surface area contributed by atoms with Crippen molar-refractivity contribution in [2.24, 2.45) is 7.05 Å². The maximum Gasteiger partial charge on any atom is 0.416 e. The van der Waals surface area contributed by atoms with Gasteiger partial charge in [0.05, 0.1) is 16.8 Å². The summed E-state index contributed by atoms with van der Waals surface area (Å²) in [6.07, 6.45) is -1.79. The molecule has 0 atom stereocenters. The van der Waals surface area contributed by atoms with Crippen molar-refractivity contribution in [3.05, 3.63) is 75.5 Å². The molecule has 1 N–H and O–H groups in total. The fourth-order valence-electron chi connectivity index (χ4n) is 3.46. The summed E-state index contributed by atoms with van der Waals surface area (Å²) in [4.78, 5) is 22.0. The normalized spacial score (nSPS) is 14.9. The van der Waals surface area contributed by atoms with E-state index in [1.54, 1.807) is 0 Å². The van der Waals surface area contributed by atoms with Crippen molar-refractivity contribution in [2.45, 2.75) is 25.7 Å². The monoisotopic (exact) mass is 388 g/mol. The number of nitrogens with zero attached hydrogens (tertiary/aromatic N) is 3. The van der Waals surface area contributed by atoms with Crippen LogP contribution in [0.3, 0.4) is 0 Å². The molecule has 0 amide bonds. The third-order valence-corrected chi connectivity index (χ3v) is 5.07. The summed E-state index contributed by atoms with van der Waals surface area (Å²) in [7, 11) is 1.98. The number of hydrogen-bond acceptors (Lipinski definition) is 3. The van der Waals surface area contributed by atoms with Crippen LogP contribution < -0.4 is 5.56 Å². The molecule has 1 aliphatic rings. The molecule has 0 saturated carbocycles. The summed E-state index contributed by atoms with van der Waals surface area (Å²) >= 11 is 0. The first-order valence-corrected chi connectivity index (χ1v) is 8.93. The second-order valence-electron chi connectivity index (χ2n) is 6.99. The molecule has 0 fully saturated rings. The van der Waals surface area contributed by atoms with Crippen LogP contribution in [0, 0.1) is 0 Å². The number of halogens is 3. The van der Waals surface area contributed by atoms with E-state index in [1.807, 2.05) is 29.9 Å². The van der Waals surface area contributed by atoms with Gasteiger partial charge in [-0.2, -0.15) is 13.2 Å². The zero-order valence-electron chi connectivity index (χ0n) is 15.3. The van der Waals surface area contributed by atoms with E-state index in [0.29, 0.717) is 35.6 Å². The Bertz CT molecular complexity index is 1050. The van der Waals surface area contributed by atoms with Crippen molar-refractivity contribution in [1.29, 1.82) is 0 Å². The molecule has 0 bridgehead atoms. The summed E-state index contributed by atoms with van der Waals surface area (Å²) in [5.41, 5.74) is 1.98. The van der Waals surface area contributed by atoms with Crippen LogP contribution in [-0.2, 0) is 32.7 Å².